The van der Waals surface area contributed by atoms with Gasteiger partial charge in [0.1, 0.15) is 11.6 Å². The number of allylic oxidation sites excluding steroid dienone is 5. The van der Waals surface area contributed by atoms with Gasteiger partial charge in [-0.15, -0.1) is 0 Å². The van der Waals surface area contributed by atoms with E-state index in [2.05, 4.69) is 16.8 Å². The quantitative estimate of drug-likeness (QED) is 0.302. The van der Waals surface area contributed by atoms with Crippen molar-refractivity contribution >= 4 is 11.4 Å². The summed E-state index contributed by atoms with van der Waals surface area (Å²) in [7, 11) is 0. The predicted molar refractivity (Wildman–Crippen MR) is 125 cm³/mol. The molecule has 3 nitrogen and oxygen atoms in total. The van der Waals surface area contributed by atoms with Crippen molar-refractivity contribution in [1.82, 2.24) is 10.2 Å². The van der Waals surface area contributed by atoms with E-state index in [9.17, 15) is 22.4 Å². The fourth-order valence-corrected chi connectivity index (χ4v) is 3.27. The van der Waals surface area contributed by atoms with Crippen molar-refractivity contribution in [3.63, 3.8) is 0 Å². The molecular weight excluding hydrogens is 432 g/mol. The number of halogens is 4. The van der Waals surface area contributed by atoms with Crippen molar-refractivity contribution in [2.24, 2.45) is 0 Å². The molecule has 0 saturated carbocycles. The number of benzene rings is 1. The van der Waals surface area contributed by atoms with Gasteiger partial charge < -0.3 is 0 Å². The highest BCUT2D eigenvalue weighted by atomic mass is 19.4. The number of carbonyl (C=O) groups excluding carboxylic acids is 1. The average Bonchev–Trinajstić information content (AvgIpc) is 3.19. The van der Waals surface area contributed by atoms with Gasteiger partial charge in [-0.05, 0) is 49.9 Å². The van der Waals surface area contributed by atoms with Gasteiger partial charge in [0.15, 0.2) is 0 Å². The Bertz CT molecular complexity index is 971. The summed E-state index contributed by atoms with van der Waals surface area (Å²) >= 11 is 0. The van der Waals surface area contributed by atoms with Gasteiger partial charge in [0.25, 0.3) is 0 Å². The topological polar surface area (TPSA) is 45.8 Å². The monoisotopic (exact) mass is 464 g/mol. The lowest BCUT2D eigenvalue weighted by molar-refractivity contribution is -0.140. The number of nitrogens with zero attached hydrogens (tertiary/aromatic N) is 1. The minimum absolute atomic E-state index is 0.0313. The number of Topliss-reactive ketones (excluding diaryl/α,β-unsaturated/α-hetero) is 1. The summed E-state index contributed by atoms with van der Waals surface area (Å²) < 4.78 is 51.1. The number of H-pyrrole nitrogens is 1. The van der Waals surface area contributed by atoms with Gasteiger partial charge in [-0.3, -0.25) is 9.89 Å². The Hall–Kier alpha value is -2.96. The maximum absolute atomic E-state index is 13.6. The standard InChI is InChI=1S/C15H18F4O.C11H14N2/c1-3-5-10(8-12(20)4-2)11-6-7-13(14(16)9-11)15(17,18)19;1-4-6-10(7-5-2)11-8-9(3)12-13-11/h6-7,9-10H,3-5,8H2,1-2H3;4-8H,1H2,2-3H3,(H,12,13)/b;7-5-,10-6+. The fraction of sp³-hybridized carbons (Fsp3) is 0.385. The van der Waals surface area contributed by atoms with E-state index in [1.165, 1.54) is 6.07 Å². The van der Waals surface area contributed by atoms with Gasteiger partial charge in [0.05, 0.1) is 11.3 Å². The largest absolute Gasteiger partial charge is 0.419 e. The summed E-state index contributed by atoms with van der Waals surface area (Å²) in [5.41, 5.74) is 2.28. The zero-order valence-corrected chi connectivity index (χ0v) is 19.6. The van der Waals surface area contributed by atoms with Crippen molar-refractivity contribution in [1.29, 1.82) is 0 Å². The third-order valence-corrected chi connectivity index (χ3v) is 4.92. The molecule has 180 valence electrons. The summed E-state index contributed by atoms with van der Waals surface area (Å²) in [5.74, 6) is -1.46. The second-order valence-corrected chi connectivity index (χ2v) is 7.61. The summed E-state index contributed by atoms with van der Waals surface area (Å²) in [6, 6.07) is 4.94. The molecule has 33 heavy (non-hydrogen) atoms. The first-order chi connectivity index (χ1) is 15.6. The zero-order chi connectivity index (χ0) is 25.0. The first-order valence-electron chi connectivity index (χ1n) is 10.9. The summed E-state index contributed by atoms with van der Waals surface area (Å²) in [5, 5.41) is 7.07. The van der Waals surface area contributed by atoms with Crippen molar-refractivity contribution in [2.75, 3.05) is 0 Å². The van der Waals surface area contributed by atoms with Crippen LogP contribution in [-0.4, -0.2) is 16.0 Å². The zero-order valence-electron chi connectivity index (χ0n) is 19.6. The molecule has 7 heteroatoms. The summed E-state index contributed by atoms with van der Waals surface area (Å²) in [4.78, 5) is 11.5. The number of aryl methyl sites for hydroxylation is 1. The van der Waals surface area contributed by atoms with Crippen LogP contribution in [0.3, 0.4) is 0 Å². The maximum atomic E-state index is 13.6. The predicted octanol–water partition coefficient (Wildman–Crippen LogP) is 7.96. The minimum Gasteiger partial charge on any atom is -0.300 e. The van der Waals surface area contributed by atoms with Crippen LogP contribution in [0.1, 0.15) is 74.9 Å². The van der Waals surface area contributed by atoms with Crippen LogP contribution in [-0.2, 0) is 11.0 Å². The van der Waals surface area contributed by atoms with Crippen LogP contribution in [0.15, 0.2) is 55.1 Å². The van der Waals surface area contributed by atoms with Gasteiger partial charge >= 0.3 is 6.18 Å². The number of aromatic nitrogens is 2. The first-order valence-corrected chi connectivity index (χ1v) is 10.9. The Balaban J connectivity index is 0.000000361. The molecule has 0 amide bonds. The number of carbonyl (C=O) groups is 1. The van der Waals surface area contributed by atoms with Crippen LogP contribution >= 0.6 is 0 Å². The molecule has 0 fully saturated rings. The Labute approximate surface area is 193 Å². The smallest absolute Gasteiger partial charge is 0.300 e. The molecule has 2 aromatic rings. The van der Waals surface area contributed by atoms with Crippen LogP contribution in [0.4, 0.5) is 17.6 Å². The van der Waals surface area contributed by atoms with E-state index in [1.54, 1.807) is 13.0 Å². The first kappa shape index (κ1) is 28.1. The number of hydrogen-bond acceptors (Lipinski definition) is 2. The number of aromatic amines is 1. The van der Waals surface area contributed by atoms with Crippen molar-refractivity contribution in [2.45, 2.75) is 65.5 Å². The lowest BCUT2D eigenvalue weighted by Crippen LogP contribution is -2.11. The van der Waals surface area contributed by atoms with Crippen LogP contribution < -0.4 is 0 Å². The number of nitrogens with one attached hydrogen (secondary N) is 1. The molecule has 1 atom stereocenters. The van der Waals surface area contributed by atoms with E-state index in [0.717, 1.165) is 35.5 Å². The molecule has 0 aliphatic carbocycles. The van der Waals surface area contributed by atoms with Crippen LogP contribution in [0.2, 0.25) is 0 Å². The third kappa shape index (κ3) is 9.20. The SMILES string of the molecule is C=C/C=C(\C=C/C)c1cc(C)[nH]n1.CCCC(CC(=O)CC)c1ccc(C(F)(F)F)c(F)c1. The van der Waals surface area contributed by atoms with E-state index >= 15 is 0 Å². The van der Waals surface area contributed by atoms with Gasteiger partial charge in [-0.2, -0.15) is 18.3 Å². The van der Waals surface area contributed by atoms with E-state index in [0.29, 0.717) is 18.4 Å². The Morgan fingerprint density at radius 1 is 1.24 bits per heavy atom. The van der Waals surface area contributed by atoms with Gasteiger partial charge in [-0.1, -0.05) is 57.2 Å². The second kappa shape index (κ2) is 13.6. The van der Waals surface area contributed by atoms with E-state index < -0.39 is 17.6 Å². The number of alkyl halides is 3. The van der Waals surface area contributed by atoms with Crippen molar-refractivity contribution in [3.05, 3.63) is 83.5 Å². The minimum atomic E-state index is -4.69. The molecule has 1 aromatic heterocycles. The highest BCUT2D eigenvalue weighted by Crippen LogP contribution is 2.34. The van der Waals surface area contributed by atoms with Gasteiger partial charge in [0.2, 0.25) is 0 Å². The second-order valence-electron chi connectivity index (χ2n) is 7.61. The molecule has 0 radical (unpaired) electrons. The normalized spacial score (nSPS) is 12.9. The Kier molecular flexibility index (Phi) is 11.5. The molecule has 2 rings (SSSR count). The molecular formula is C26H32F4N2O. The lowest BCUT2D eigenvalue weighted by Gasteiger charge is -2.17. The Morgan fingerprint density at radius 2 is 1.94 bits per heavy atom. The molecule has 1 N–H and O–H groups in total. The van der Waals surface area contributed by atoms with E-state index in [4.69, 9.17) is 0 Å². The van der Waals surface area contributed by atoms with E-state index in [-0.39, 0.29) is 18.1 Å². The number of ketones is 1. The molecule has 0 bridgehead atoms. The lowest BCUT2D eigenvalue weighted by atomic mass is 9.88. The average molecular weight is 465 g/mol. The third-order valence-electron chi connectivity index (χ3n) is 4.92. The van der Waals surface area contributed by atoms with Crippen LogP contribution in [0.25, 0.3) is 5.57 Å². The van der Waals surface area contributed by atoms with Crippen molar-refractivity contribution in [3.8, 4) is 0 Å². The molecule has 0 saturated heterocycles. The molecule has 0 aliphatic heterocycles. The van der Waals surface area contributed by atoms with E-state index in [1.807, 2.05) is 45.1 Å². The van der Waals surface area contributed by atoms with Crippen LogP contribution in [0, 0.1) is 12.7 Å². The maximum Gasteiger partial charge on any atom is 0.419 e. The highest BCUT2D eigenvalue weighted by molar-refractivity contribution is 5.79. The molecule has 0 aliphatic rings. The Morgan fingerprint density at radius 3 is 2.39 bits per heavy atom. The highest BCUT2D eigenvalue weighted by Gasteiger charge is 2.34. The van der Waals surface area contributed by atoms with Crippen molar-refractivity contribution < 1.29 is 22.4 Å². The number of rotatable bonds is 9. The van der Waals surface area contributed by atoms with Gasteiger partial charge in [-0.25, -0.2) is 4.39 Å². The summed E-state index contributed by atoms with van der Waals surface area (Å²) in [6.45, 7) is 11.3. The van der Waals surface area contributed by atoms with Crippen LogP contribution in [0.5, 0.6) is 0 Å². The molecule has 1 heterocycles. The number of hydrogen-bond donors (Lipinski definition) is 1. The summed E-state index contributed by atoms with van der Waals surface area (Å²) in [6.07, 6.45) is 5.06. The molecule has 1 unspecified atom stereocenters. The molecule has 0 spiro atoms. The van der Waals surface area contributed by atoms with Gasteiger partial charge in [0, 0.05) is 24.1 Å². The molecule has 1 aromatic carbocycles. The fourth-order valence-electron chi connectivity index (χ4n) is 3.27.